The standard InChI is InChI=1S/C20H18N6O/c21-11-14-12-24-17-4-2-1-3-15(17)19(14)26-9-7-25(8-10-26)18-5-6-23-13-16(18)20(22)27/h1-6,12-13H,7-10H2,(H2,22,27). The molecule has 0 bridgehead atoms. The average Bonchev–Trinajstić information content (AvgIpc) is 2.73. The van der Waals surface area contributed by atoms with E-state index in [4.69, 9.17) is 5.73 Å². The zero-order valence-electron chi connectivity index (χ0n) is 14.7. The van der Waals surface area contributed by atoms with Gasteiger partial charge in [-0.1, -0.05) is 18.2 Å². The van der Waals surface area contributed by atoms with Crippen LogP contribution < -0.4 is 15.5 Å². The molecule has 1 aliphatic heterocycles. The van der Waals surface area contributed by atoms with E-state index in [0.29, 0.717) is 24.2 Å². The van der Waals surface area contributed by atoms with Gasteiger partial charge in [0.1, 0.15) is 6.07 Å². The molecule has 7 nitrogen and oxygen atoms in total. The molecule has 4 rings (SSSR count). The molecule has 0 spiro atoms. The summed E-state index contributed by atoms with van der Waals surface area (Å²) in [6, 6.07) is 11.9. The van der Waals surface area contributed by atoms with Crippen LogP contribution in [0.3, 0.4) is 0 Å². The number of pyridine rings is 2. The van der Waals surface area contributed by atoms with E-state index in [1.54, 1.807) is 12.4 Å². The van der Waals surface area contributed by atoms with Gasteiger partial charge < -0.3 is 15.5 Å². The van der Waals surface area contributed by atoms with Crippen molar-refractivity contribution in [1.29, 1.82) is 5.26 Å². The Morgan fingerprint density at radius 2 is 1.81 bits per heavy atom. The average molecular weight is 358 g/mol. The fourth-order valence-electron chi connectivity index (χ4n) is 3.57. The summed E-state index contributed by atoms with van der Waals surface area (Å²) in [5.74, 6) is -0.479. The number of rotatable bonds is 3. The zero-order valence-corrected chi connectivity index (χ0v) is 14.7. The number of piperazine rings is 1. The number of nitrogens with zero attached hydrogens (tertiary/aromatic N) is 5. The second-order valence-electron chi connectivity index (χ2n) is 6.38. The van der Waals surface area contributed by atoms with Gasteiger partial charge in [0.05, 0.1) is 28.0 Å². The number of primary amides is 1. The minimum Gasteiger partial charge on any atom is -0.367 e. The maximum absolute atomic E-state index is 11.7. The highest BCUT2D eigenvalue weighted by Crippen LogP contribution is 2.31. The highest BCUT2D eigenvalue weighted by Gasteiger charge is 2.24. The number of nitriles is 1. The third-order valence-electron chi connectivity index (χ3n) is 4.87. The van der Waals surface area contributed by atoms with Gasteiger partial charge in [-0.15, -0.1) is 0 Å². The molecular formula is C20H18N6O. The molecule has 134 valence electrons. The van der Waals surface area contributed by atoms with Crippen LogP contribution >= 0.6 is 0 Å². The number of hydrogen-bond acceptors (Lipinski definition) is 6. The predicted molar refractivity (Wildman–Crippen MR) is 104 cm³/mol. The van der Waals surface area contributed by atoms with Crippen molar-refractivity contribution in [3.63, 3.8) is 0 Å². The molecule has 7 heteroatoms. The summed E-state index contributed by atoms with van der Waals surface area (Å²) in [7, 11) is 0. The fraction of sp³-hybridized carbons (Fsp3) is 0.200. The van der Waals surface area contributed by atoms with E-state index in [1.165, 1.54) is 6.20 Å². The lowest BCUT2D eigenvalue weighted by molar-refractivity contribution is 0.100. The van der Waals surface area contributed by atoms with Crippen LogP contribution in [0.1, 0.15) is 15.9 Å². The van der Waals surface area contributed by atoms with E-state index in [9.17, 15) is 10.1 Å². The normalized spacial score (nSPS) is 14.2. The molecule has 3 heterocycles. The molecule has 0 saturated carbocycles. The summed E-state index contributed by atoms with van der Waals surface area (Å²) in [5.41, 5.74) is 9.08. The van der Waals surface area contributed by atoms with E-state index < -0.39 is 5.91 Å². The Bertz CT molecular complexity index is 1050. The van der Waals surface area contributed by atoms with Crippen molar-refractivity contribution in [1.82, 2.24) is 9.97 Å². The number of carbonyl (C=O) groups excluding carboxylic acids is 1. The Morgan fingerprint density at radius 3 is 2.56 bits per heavy atom. The van der Waals surface area contributed by atoms with Crippen LogP contribution in [-0.4, -0.2) is 42.1 Å². The van der Waals surface area contributed by atoms with Crippen molar-refractivity contribution in [2.75, 3.05) is 36.0 Å². The second-order valence-corrected chi connectivity index (χ2v) is 6.38. The zero-order chi connectivity index (χ0) is 18.8. The van der Waals surface area contributed by atoms with Crippen LogP contribution in [0.25, 0.3) is 10.9 Å². The molecule has 1 aliphatic rings. The minimum atomic E-state index is -0.479. The molecule has 0 atom stereocenters. The van der Waals surface area contributed by atoms with Crippen molar-refractivity contribution in [2.45, 2.75) is 0 Å². The summed E-state index contributed by atoms with van der Waals surface area (Å²) < 4.78 is 0. The number of carbonyl (C=O) groups is 1. The van der Waals surface area contributed by atoms with Crippen LogP contribution in [-0.2, 0) is 0 Å². The van der Waals surface area contributed by atoms with Gasteiger partial charge in [-0.2, -0.15) is 5.26 Å². The van der Waals surface area contributed by atoms with Crippen molar-refractivity contribution >= 4 is 28.2 Å². The summed E-state index contributed by atoms with van der Waals surface area (Å²) in [6.45, 7) is 2.88. The van der Waals surface area contributed by atoms with E-state index in [0.717, 1.165) is 35.4 Å². The van der Waals surface area contributed by atoms with E-state index in [-0.39, 0.29) is 0 Å². The van der Waals surface area contributed by atoms with Crippen molar-refractivity contribution in [3.8, 4) is 6.07 Å². The fourth-order valence-corrected chi connectivity index (χ4v) is 3.57. The Morgan fingerprint density at radius 1 is 1.07 bits per heavy atom. The van der Waals surface area contributed by atoms with Crippen LogP contribution in [0, 0.1) is 11.3 Å². The number of fused-ring (bicyclic) bond motifs is 1. The lowest BCUT2D eigenvalue weighted by Gasteiger charge is -2.38. The SMILES string of the molecule is N#Cc1cnc2ccccc2c1N1CCN(c2ccncc2C(N)=O)CC1. The molecule has 1 amide bonds. The maximum atomic E-state index is 11.7. The first-order valence-electron chi connectivity index (χ1n) is 8.70. The van der Waals surface area contributed by atoms with Crippen molar-refractivity contribution < 1.29 is 4.79 Å². The Balaban J connectivity index is 1.64. The quantitative estimate of drug-likeness (QED) is 0.768. The monoisotopic (exact) mass is 358 g/mol. The van der Waals surface area contributed by atoms with Gasteiger partial charge in [-0.05, 0) is 12.1 Å². The number of benzene rings is 1. The van der Waals surface area contributed by atoms with Gasteiger partial charge in [-0.25, -0.2) is 0 Å². The van der Waals surface area contributed by atoms with E-state index >= 15 is 0 Å². The Labute approximate surface area is 156 Å². The molecule has 0 radical (unpaired) electrons. The Kier molecular flexibility index (Phi) is 4.30. The molecule has 1 aromatic carbocycles. The first kappa shape index (κ1) is 16.8. The smallest absolute Gasteiger partial charge is 0.252 e. The van der Waals surface area contributed by atoms with E-state index in [2.05, 4.69) is 25.8 Å². The van der Waals surface area contributed by atoms with Crippen LogP contribution in [0.4, 0.5) is 11.4 Å². The first-order chi connectivity index (χ1) is 13.2. The molecule has 2 aromatic heterocycles. The highest BCUT2D eigenvalue weighted by molar-refractivity contribution is 5.98. The molecule has 1 saturated heterocycles. The van der Waals surface area contributed by atoms with Gasteiger partial charge >= 0.3 is 0 Å². The number of aromatic nitrogens is 2. The lowest BCUT2D eigenvalue weighted by Crippen LogP contribution is -2.47. The maximum Gasteiger partial charge on any atom is 0.252 e. The first-order valence-corrected chi connectivity index (χ1v) is 8.70. The van der Waals surface area contributed by atoms with Crippen molar-refractivity contribution in [3.05, 3.63) is 60.0 Å². The van der Waals surface area contributed by atoms with Gasteiger partial charge in [0, 0.05) is 50.2 Å². The molecule has 27 heavy (non-hydrogen) atoms. The molecule has 0 unspecified atom stereocenters. The summed E-state index contributed by atoms with van der Waals surface area (Å²) >= 11 is 0. The predicted octanol–water partition coefficient (Wildman–Crippen LogP) is 1.93. The van der Waals surface area contributed by atoms with Crippen LogP contribution in [0.2, 0.25) is 0 Å². The topological polar surface area (TPSA) is 99.1 Å². The van der Waals surface area contributed by atoms with Crippen LogP contribution in [0.5, 0.6) is 0 Å². The minimum absolute atomic E-state index is 0.429. The third-order valence-corrected chi connectivity index (χ3v) is 4.87. The molecule has 1 fully saturated rings. The van der Waals surface area contributed by atoms with Gasteiger partial charge in [0.15, 0.2) is 0 Å². The number of anilines is 2. The van der Waals surface area contributed by atoms with Gasteiger partial charge in [0.2, 0.25) is 0 Å². The van der Waals surface area contributed by atoms with Crippen molar-refractivity contribution in [2.24, 2.45) is 5.73 Å². The number of para-hydroxylation sites is 1. The highest BCUT2D eigenvalue weighted by atomic mass is 16.1. The molecule has 0 aliphatic carbocycles. The molecule has 3 aromatic rings. The molecular weight excluding hydrogens is 340 g/mol. The number of amides is 1. The molecule has 2 N–H and O–H groups in total. The number of nitrogens with two attached hydrogens (primary N) is 1. The largest absolute Gasteiger partial charge is 0.367 e. The number of hydrogen-bond donors (Lipinski definition) is 1. The lowest BCUT2D eigenvalue weighted by atomic mass is 10.1. The van der Waals surface area contributed by atoms with Crippen LogP contribution in [0.15, 0.2) is 48.9 Å². The van der Waals surface area contributed by atoms with Gasteiger partial charge in [0.25, 0.3) is 5.91 Å². The third kappa shape index (κ3) is 3.02. The second kappa shape index (κ2) is 6.92. The summed E-state index contributed by atoms with van der Waals surface area (Å²) in [6.07, 6.45) is 4.81. The summed E-state index contributed by atoms with van der Waals surface area (Å²) in [4.78, 5) is 24.4. The van der Waals surface area contributed by atoms with Gasteiger partial charge in [-0.3, -0.25) is 14.8 Å². The van der Waals surface area contributed by atoms with E-state index in [1.807, 2.05) is 30.3 Å². The Hall–Kier alpha value is -3.66. The summed E-state index contributed by atoms with van der Waals surface area (Å²) in [5, 5.41) is 10.5.